The second kappa shape index (κ2) is 3.35. The lowest BCUT2D eigenvalue weighted by Gasteiger charge is -2.06. The molecule has 0 aliphatic carbocycles. The Kier molecular flexibility index (Phi) is 1.95. The summed E-state index contributed by atoms with van der Waals surface area (Å²) in [6.45, 7) is 2.03. The average molecular weight is 228 g/mol. The van der Waals surface area contributed by atoms with Crippen molar-refractivity contribution in [3.8, 4) is 5.75 Å². The summed E-state index contributed by atoms with van der Waals surface area (Å²) in [6.07, 6.45) is 0. The Bertz CT molecular complexity index is 717. The van der Waals surface area contributed by atoms with Crippen molar-refractivity contribution in [1.29, 1.82) is 0 Å². The van der Waals surface area contributed by atoms with Gasteiger partial charge in [0.2, 0.25) is 0 Å². The molecule has 0 amide bonds. The number of hydrogen-bond donors (Lipinski definition) is 2. The molecule has 0 saturated carbocycles. The van der Waals surface area contributed by atoms with Gasteiger partial charge in [0.15, 0.2) is 5.65 Å². The lowest BCUT2D eigenvalue weighted by molar-refractivity contribution is 0.419. The van der Waals surface area contributed by atoms with Crippen LogP contribution in [0.5, 0.6) is 5.75 Å². The first-order valence-corrected chi connectivity index (χ1v) is 5.28. The van der Waals surface area contributed by atoms with E-state index in [1.165, 1.54) is 0 Å². The Morgan fingerprint density at radius 2 is 2.12 bits per heavy atom. The summed E-state index contributed by atoms with van der Waals surface area (Å²) in [5, 5.41) is 8.66. The molecule has 1 aromatic carbocycles. The number of pyridine rings is 1. The molecule has 5 nitrogen and oxygen atoms in total. The van der Waals surface area contributed by atoms with Gasteiger partial charge in [-0.05, 0) is 24.6 Å². The van der Waals surface area contributed by atoms with Crippen LogP contribution in [0.3, 0.4) is 0 Å². The highest BCUT2D eigenvalue weighted by molar-refractivity contribution is 5.99. The number of nitrogen functional groups attached to an aromatic ring is 1. The van der Waals surface area contributed by atoms with Crippen LogP contribution in [0.25, 0.3) is 21.9 Å². The van der Waals surface area contributed by atoms with E-state index < -0.39 is 0 Å². The van der Waals surface area contributed by atoms with Gasteiger partial charge in [0.1, 0.15) is 17.1 Å². The third kappa shape index (κ3) is 1.32. The molecule has 0 bridgehead atoms. The van der Waals surface area contributed by atoms with Crippen molar-refractivity contribution in [2.45, 2.75) is 6.92 Å². The smallest absolute Gasteiger partial charge is 0.183 e. The van der Waals surface area contributed by atoms with Gasteiger partial charge in [0, 0.05) is 5.39 Å². The molecule has 2 aromatic heterocycles. The van der Waals surface area contributed by atoms with Crippen molar-refractivity contribution >= 4 is 27.8 Å². The number of aryl methyl sites for hydroxylation is 1. The molecular formula is C12H12N4O. The molecule has 0 aliphatic rings. The SMILES string of the molecule is COc1ccc(C)c2cc3c(N)[nH]nc3nc12. The molecule has 3 aromatic rings. The van der Waals surface area contributed by atoms with Crippen LogP contribution in [0.1, 0.15) is 5.56 Å². The number of benzene rings is 1. The maximum atomic E-state index is 5.80. The van der Waals surface area contributed by atoms with Gasteiger partial charge in [-0.15, -0.1) is 0 Å². The van der Waals surface area contributed by atoms with E-state index in [1.54, 1.807) is 7.11 Å². The van der Waals surface area contributed by atoms with Gasteiger partial charge in [-0.25, -0.2) is 4.98 Å². The zero-order chi connectivity index (χ0) is 12.0. The van der Waals surface area contributed by atoms with Crippen molar-refractivity contribution in [2.24, 2.45) is 0 Å². The van der Waals surface area contributed by atoms with Gasteiger partial charge in [-0.1, -0.05) is 6.07 Å². The number of hydrogen-bond acceptors (Lipinski definition) is 4. The van der Waals surface area contributed by atoms with Crippen LogP contribution in [-0.4, -0.2) is 22.3 Å². The Morgan fingerprint density at radius 3 is 2.88 bits per heavy atom. The second-order valence-electron chi connectivity index (χ2n) is 3.98. The molecule has 0 spiro atoms. The van der Waals surface area contributed by atoms with Crippen LogP contribution in [0.4, 0.5) is 5.82 Å². The Hall–Kier alpha value is -2.30. The normalized spacial score (nSPS) is 11.2. The number of anilines is 1. The van der Waals surface area contributed by atoms with Crippen molar-refractivity contribution in [2.75, 3.05) is 12.8 Å². The number of ether oxygens (including phenoxy) is 1. The molecule has 0 unspecified atom stereocenters. The highest BCUT2D eigenvalue weighted by atomic mass is 16.5. The van der Waals surface area contributed by atoms with E-state index in [-0.39, 0.29) is 0 Å². The molecule has 17 heavy (non-hydrogen) atoms. The fourth-order valence-corrected chi connectivity index (χ4v) is 1.98. The summed E-state index contributed by atoms with van der Waals surface area (Å²) in [5.74, 6) is 1.28. The maximum absolute atomic E-state index is 5.80. The number of H-pyrrole nitrogens is 1. The van der Waals surface area contributed by atoms with Gasteiger partial charge in [-0.2, -0.15) is 5.10 Å². The first kappa shape index (κ1) is 9.89. The second-order valence-corrected chi connectivity index (χ2v) is 3.98. The van der Waals surface area contributed by atoms with E-state index in [4.69, 9.17) is 10.5 Å². The molecule has 86 valence electrons. The molecule has 0 radical (unpaired) electrons. The standard InChI is InChI=1S/C12H12N4O/c1-6-3-4-9(17-2)10-7(6)5-8-11(13)15-16-12(8)14-10/h3-5H,1-2H3,(H3,13,14,15,16). The average Bonchev–Trinajstić information content (AvgIpc) is 2.70. The maximum Gasteiger partial charge on any atom is 0.183 e. The van der Waals surface area contributed by atoms with Gasteiger partial charge in [0.25, 0.3) is 0 Å². The van der Waals surface area contributed by atoms with Crippen molar-refractivity contribution in [3.05, 3.63) is 23.8 Å². The van der Waals surface area contributed by atoms with Gasteiger partial charge < -0.3 is 10.5 Å². The quantitative estimate of drug-likeness (QED) is 0.668. The molecule has 0 aliphatic heterocycles. The molecule has 5 heteroatoms. The topological polar surface area (TPSA) is 76.8 Å². The Balaban J connectivity index is 2.51. The third-order valence-electron chi connectivity index (χ3n) is 2.94. The van der Waals surface area contributed by atoms with E-state index >= 15 is 0 Å². The Morgan fingerprint density at radius 1 is 1.29 bits per heavy atom. The number of methoxy groups -OCH3 is 1. The van der Waals surface area contributed by atoms with E-state index in [9.17, 15) is 0 Å². The van der Waals surface area contributed by atoms with E-state index in [2.05, 4.69) is 15.2 Å². The molecule has 0 atom stereocenters. The fraction of sp³-hybridized carbons (Fsp3) is 0.167. The highest BCUT2D eigenvalue weighted by Crippen LogP contribution is 2.30. The number of nitrogens with one attached hydrogen (secondary N) is 1. The summed E-state index contributed by atoms with van der Waals surface area (Å²) >= 11 is 0. The van der Waals surface area contributed by atoms with Crippen LogP contribution in [0.15, 0.2) is 18.2 Å². The van der Waals surface area contributed by atoms with Gasteiger partial charge >= 0.3 is 0 Å². The predicted molar refractivity (Wildman–Crippen MR) is 67.1 cm³/mol. The summed E-state index contributed by atoms with van der Waals surface area (Å²) in [4.78, 5) is 4.48. The molecular weight excluding hydrogens is 216 g/mol. The largest absolute Gasteiger partial charge is 0.494 e. The number of nitrogens with zero attached hydrogens (tertiary/aromatic N) is 2. The van der Waals surface area contributed by atoms with Crippen molar-refractivity contribution in [1.82, 2.24) is 15.2 Å². The number of aromatic amines is 1. The number of fused-ring (bicyclic) bond motifs is 2. The molecule has 3 rings (SSSR count). The van der Waals surface area contributed by atoms with Crippen LogP contribution < -0.4 is 10.5 Å². The number of rotatable bonds is 1. The summed E-state index contributed by atoms with van der Waals surface area (Å²) < 4.78 is 5.31. The summed E-state index contributed by atoms with van der Waals surface area (Å²) in [6, 6.07) is 5.91. The van der Waals surface area contributed by atoms with Crippen LogP contribution >= 0.6 is 0 Å². The fourth-order valence-electron chi connectivity index (χ4n) is 1.98. The summed E-state index contributed by atoms with van der Waals surface area (Å²) in [5.41, 5.74) is 8.36. The van der Waals surface area contributed by atoms with E-state index in [1.807, 2.05) is 25.1 Å². The van der Waals surface area contributed by atoms with Crippen molar-refractivity contribution in [3.63, 3.8) is 0 Å². The summed E-state index contributed by atoms with van der Waals surface area (Å²) in [7, 11) is 1.63. The van der Waals surface area contributed by atoms with Gasteiger partial charge in [-0.3, -0.25) is 5.10 Å². The number of aromatic nitrogens is 3. The monoisotopic (exact) mass is 228 g/mol. The number of nitrogens with two attached hydrogens (primary N) is 1. The zero-order valence-corrected chi connectivity index (χ0v) is 9.61. The lowest BCUT2D eigenvalue weighted by Crippen LogP contribution is -1.91. The predicted octanol–water partition coefficient (Wildman–Crippen LogP) is 2.01. The molecule has 3 N–H and O–H groups in total. The minimum atomic E-state index is 0.539. The Labute approximate surface area is 97.6 Å². The van der Waals surface area contributed by atoms with Gasteiger partial charge in [0.05, 0.1) is 12.5 Å². The lowest BCUT2D eigenvalue weighted by atomic mass is 10.1. The first-order chi connectivity index (χ1) is 8.20. The first-order valence-electron chi connectivity index (χ1n) is 5.28. The zero-order valence-electron chi connectivity index (χ0n) is 9.61. The molecule has 0 saturated heterocycles. The van der Waals surface area contributed by atoms with Crippen LogP contribution in [0, 0.1) is 6.92 Å². The van der Waals surface area contributed by atoms with Crippen LogP contribution in [0.2, 0.25) is 0 Å². The van der Waals surface area contributed by atoms with Crippen LogP contribution in [-0.2, 0) is 0 Å². The third-order valence-corrected chi connectivity index (χ3v) is 2.94. The van der Waals surface area contributed by atoms with E-state index in [0.29, 0.717) is 11.5 Å². The highest BCUT2D eigenvalue weighted by Gasteiger charge is 2.10. The van der Waals surface area contributed by atoms with E-state index in [0.717, 1.165) is 27.6 Å². The molecule has 0 fully saturated rings. The van der Waals surface area contributed by atoms with Crippen molar-refractivity contribution < 1.29 is 4.74 Å². The minimum absolute atomic E-state index is 0.539. The molecule has 2 heterocycles. The minimum Gasteiger partial charge on any atom is -0.494 e.